The van der Waals surface area contributed by atoms with Gasteiger partial charge < -0.3 is 9.84 Å². The number of ketones is 1. The van der Waals surface area contributed by atoms with Gasteiger partial charge in [-0.25, -0.2) is 0 Å². The lowest BCUT2D eigenvalue weighted by atomic mass is 9.48. The molecule has 4 saturated carbocycles. The van der Waals surface area contributed by atoms with Crippen LogP contribution in [0.1, 0.15) is 48.9 Å². The quantitative estimate of drug-likeness (QED) is 0.669. The van der Waals surface area contributed by atoms with Crippen molar-refractivity contribution in [1.82, 2.24) is 0 Å². The molecule has 1 aromatic carbocycles. The molecule has 4 bridgehead atoms. The molecule has 2 atom stereocenters. The number of aliphatic hydroxyl groups is 1. The number of halogens is 1. The van der Waals surface area contributed by atoms with Crippen molar-refractivity contribution in [2.75, 3.05) is 6.61 Å². The molecule has 0 spiro atoms. The summed E-state index contributed by atoms with van der Waals surface area (Å²) in [7, 11) is 0. The Hall–Kier alpha value is -1.39. The van der Waals surface area contributed by atoms with Crippen molar-refractivity contribution in [3.63, 3.8) is 0 Å². The fraction of sp³-hybridized carbons (Fsp3) is 0.579. The van der Waals surface area contributed by atoms with Gasteiger partial charge in [0, 0.05) is 10.6 Å². The zero-order chi connectivity index (χ0) is 16.9. The topological polar surface area (TPSA) is 63.6 Å². The first-order valence-corrected chi connectivity index (χ1v) is 8.94. The van der Waals surface area contributed by atoms with Gasteiger partial charge in [0.05, 0.1) is 11.0 Å². The minimum Gasteiger partial charge on any atom is -0.457 e. The summed E-state index contributed by atoms with van der Waals surface area (Å²) in [5.74, 6) is 0.285. The number of carbonyl (C=O) groups is 2. The Morgan fingerprint density at radius 3 is 2.33 bits per heavy atom. The highest BCUT2D eigenvalue weighted by Gasteiger charge is 2.60. The average molecular weight is 349 g/mol. The van der Waals surface area contributed by atoms with Crippen LogP contribution in [-0.2, 0) is 9.53 Å². The van der Waals surface area contributed by atoms with E-state index in [1.54, 1.807) is 24.3 Å². The summed E-state index contributed by atoms with van der Waals surface area (Å²) in [5, 5.41) is 11.3. The van der Waals surface area contributed by atoms with Gasteiger partial charge in [-0.3, -0.25) is 9.59 Å². The van der Waals surface area contributed by atoms with E-state index in [9.17, 15) is 14.7 Å². The smallest absolute Gasteiger partial charge is 0.312 e. The van der Waals surface area contributed by atoms with Crippen molar-refractivity contribution in [3.05, 3.63) is 34.9 Å². The number of carbonyl (C=O) groups excluding carboxylic acids is 2. The van der Waals surface area contributed by atoms with Crippen molar-refractivity contribution in [2.45, 2.75) is 44.1 Å². The molecule has 0 amide bonds. The van der Waals surface area contributed by atoms with Gasteiger partial charge in [-0.05, 0) is 74.6 Å². The average Bonchev–Trinajstić information content (AvgIpc) is 2.50. The molecule has 4 aliphatic carbocycles. The van der Waals surface area contributed by atoms with Gasteiger partial charge in [-0.1, -0.05) is 11.6 Å². The van der Waals surface area contributed by atoms with Crippen LogP contribution in [0.4, 0.5) is 0 Å². The first-order valence-electron chi connectivity index (χ1n) is 8.56. The monoisotopic (exact) mass is 348 g/mol. The maximum Gasteiger partial charge on any atom is 0.312 e. The highest BCUT2D eigenvalue weighted by molar-refractivity contribution is 6.30. The van der Waals surface area contributed by atoms with Gasteiger partial charge in [0.1, 0.15) is 0 Å². The predicted molar refractivity (Wildman–Crippen MR) is 88.8 cm³/mol. The number of Topliss-reactive ketones (excluding diaryl/α,β-unsaturated/α-hetero) is 1. The molecular weight excluding hydrogens is 328 g/mol. The molecule has 1 aromatic rings. The molecule has 0 heterocycles. The first-order chi connectivity index (χ1) is 11.4. The fourth-order valence-electron chi connectivity index (χ4n) is 5.46. The van der Waals surface area contributed by atoms with E-state index in [1.165, 1.54) is 0 Å². The lowest BCUT2D eigenvalue weighted by Gasteiger charge is -2.58. The maximum atomic E-state index is 12.7. The second kappa shape index (κ2) is 5.57. The summed E-state index contributed by atoms with van der Waals surface area (Å²) < 4.78 is 5.39. The highest BCUT2D eigenvalue weighted by Crippen LogP contribution is 2.61. The molecule has 128 valence electrons. The Morgan fingerprint density at radius 1 is 1.12 bits per heavy atom. The standard InChI is InChI=1S/C19H21ClO4/c20-15-3-1-14(2-4-15)16(21)10-24-17(22)18-6-12-5-13(7-18)9-19(23,8-12)11-18/h1-4,12-13,23H,5-11H2/t12-,13-,18?,19?/m1/s1. The highest BCUT2D eigenvalue weighted by atomic mass is 35.5. The zero-order valence-electron chi connectivity index (χ0n) is 13.5. The predicted octanol–water partition coefficient (Wildman–Crippen LogP) is 3.40. The number of rotatable bonds is 4. The lowest BCUT2D eigenvalue weighted by molar-refractivity contribution is -0.195. The van der Waals surface area contributed by atoms with E-state index >= 15 is 0 Å². The normalized spacial score (nSPS) is 36.6. The molecule has 0 aliphatic heterocycles. The molecule has 4 fully saturated rings. The summed E-state index contributed by atoms with van der Waals surface area (Å²) in [6, 6.07) is 6.55. The summed E-state index contributed by atoms with van der Waals surface area (Å²) >= 11 is 5.81. The number of esters is 1. The minimum absolute atomic E-state index is 0.233. The zero-order valence-corrected chi connectivity index (χ0v) is 14.2. The van der Waals surface area contributed by atoms with E-state index in [1.807, 2.05) is 0 Å². The van der Waals surface area contributed by atoms with Crippen molar-refractivity contribution in [1.29, 1.82) is 0 Å². The molecule has 24 heavy (non-hydrogen) atoms. The fourth-order valence-corrected chi connectivity index (χ4v) is 5.58. The molecule has 5 heteroatoms. The van der Waals surface area contributed by atoms with Gasteiger partial charge in [-0.15, -0.1) is 0 Å². The van der Waals surface area contributed by atoms with Crippen LogP contribution >= 0.6 is 11.6 Å². The van der Waals surface area contributed by atoms with Crippen LogP contribution in [0.3, 0.4) is 0 Å². The number of ether oxygens (including phenoxy) is 1. The summed E-state index contributed by atoms with van der Waals surface area (Å²) in [6.07, 6.45) is 4.80. The molecule has 4 aliphatic rings. The van der Waals surface area contributed by atoms with Crippen LogP contribution in [0, 0.1) is 17.3 Å². The van der Waals surface area contributed by atoms with Crippen LogP contribution < -0.4 is 0 Å². The van der Waals surface area contributed by atoms with Gasteiger partial charge in [0.2, 0.25) is 0 Å². The first kappa shape index (κ1) is 16.1. The van der Waals surface area contributed by atoms with E-state index in [-0.39, 0.29) is 18.4 Å². The third kappa shape index (κ3) is 2.76. The Labute approximate surface area is 146 Å². The van der Waals surface area contributed by atoms with Crippen molar-refractivity contribution >= 4 is 23.4 Å². The van der Waals surface area contributed by atoms with E-state index < -0.39 is 11.0 Å². The molecule has 1 N–H and O–H groups in total. The Kier molecular flexibility index (Phi) is 3.73. The molecule has 0 saturated heterocycles. The molecule has 0 aromatic heterocycles. The van der Waals surface area contributed by atoms with Crippen LogP contribution in [0.15, 0.2) is 24.3 Å². The summed E-state index contributed by atoms with van der Waals surface area (Å²) in [4.78, 5) is 24.9. The SMILES string of the molecule is O=C(COC(=O)C12C[C@H]3C[C@@H](CC(O)(C3)C1)C2)c1ccc(Cl)cc1. The molecule has 0 radical (unpaired) electrons. The number of hydrogen-bond donors (Lipinski definition) is 1. The molecular formula is C19H21ClO4. The van der Waals surface area contributed by atoms with Crippen molar-refractivity contribution in [2.24, 2.45) is 17.3 Å². The largest absolute Gasteiger partial charge is 0.457 e. The number of hydrogen-bond acceptors (Lipinski definition) is 4. The Morgan fingerprint density at radius 2 is 1.75 bits per heavy atom. The second-order valence-corrected chi connectivity index (χ2v) is 8.41. The Bertz CT molecular complexity index is 667. The van der Waals surface area contributed by atoms with Gasteiger partial charge >= 0.3 is 5.97 Å². The van der Waals surface area contributed by atoms with Crippen molar-refractivity contribution in [3.8, 4) is 0 Å². The maximum absolute atomic E-state index is 12.7. The molecule has 0 unspecified atom stereocenters. The van der Waals surface area contributed by atoms with Crippen LogP contribution in [0.5, 0.6) is 0 Å². The molecule has 4 nitrogen and oxygen atoms in total. The van der Waals surface area contributed by atoms with Crippen LogP contribution in [0.2, 0.25) is 5.02 Å². The third-order valence-corrected chi connectivity index (χ3v) is 6.22. The number of benzene rings is 1. The van der Waals surface area contributed by atoms with Crippen LogP contribution in [-0.4, -0.2) is 29.1 Å². The van der Waals surface area contributed by atoms with Crippen LogP contribution in [0.25, 0.3) is 0 Å². The van der Waals surface area contributed by atoms with Gasteiger partial charge in [0.15, 0.2) is 12.4 Å². The van der Waals surface area contributed by atoms with Crippen molar-refractivity contribution < 1.29 is 19.4 Å². The van der Waals surface area contributed by atoms with E-state index in [0.29, 0.717) is 28.8 Å². The second-order valence-electron chi connectivity index (χ2n) is 7.97. The molecule has 5 rings (SSSR count). The summed E-state index contributed by atoms with van der Waals surface area (Å²) in [5.41, 5.74) is -0.807. The van der Waals surface area contributed by atoms with E-state index in [4.69, 9.17) is 16.3 Å². The summed E-state index contributed by atoms with van der Waals surface area (Å²) in [6.45, 7) is -0.254. The van der Waals surface area contributed by atoms with E-state index in [2.05, 4.69) is 0 Å². The van der Waals surface area contributed by atoms with Gasteiger partial charge in [0.25, 0.3) is 0 Å². The Balaban J connectivity index is 1.43. The van der Waals surface area contributed by atoms with E-state index in [0.717, 1.165) is 32.1 Å². The third-order valence-electron chi connectivity index (χ3n) is 5.96. The lowest BCUT2D eigenvalue weighted by Crippen LogP contribution is -2.58. The van der Waals surface area contributed by atoms with Gasteiger partial charge in [-0.2, -0.15) is 0 Å². The minimum atomic E-state index is -0.705.